The van der Waals surface area contributed by atoms with Crippen LogP contribution in [-0.4, -0.2) is 5.11 Å². The minimum Gasteiger partial charge on any atom is -0.508 e. The number of aromatic hydroxyl groups is 1. The first-order valence-corrected chi connectivity index (χ1v) is 6.09. The second-order valence-electron chi connectivity index (χ2n) is 6.00. The third kappa shape index (κ3) is 3.55. The van der Waals surface area contributed by atoms with Gasteiger partial charge in [0.1, 0.15) is 5.75 Å². The summed E-state index contributed by atoms with van der Waals surface area (Å²) < 4.78 is 0. The van der Waals surface area contributed by atoms with Crippen molar-refractivity contribution in [2.24, 2.45) is 11.3 Å². The Morgan fingerprint density at radius 3 is 2.00 bits per heavy atom. The molecule has 0 aromatic heterocycles. The van der Waals surface area contributed by atoms with Crippen LogP contribution in [0.3, 0.4) is 0 Å². The molecule has 90 valence electrons. The van der Waals surface area contributed by atoms with Crippen molar-refractivity contribution in [2.45, 2.75) is 47.0 Å². The summed E-state index contributed by atoms with van der Waals surface area (Å²) >= 11 is 0. The average molecular weight is 220 g/mol. The first-order chi connectivity index (χ1) is 7.30. The molecule has 0 heterocycles. The van der Waals surface area contributed by atoms with E-state index in [0.29, 0.717) is 23.0 Å². The van der Waals surface area contributed by atoms with Crippen LogP contribution in [0.25, 0.3) is 0 Å². The number of phenols is 1. The van der Waals surface area contributed by atoms with E-state index >= 15 is 0 Å². The van der Waals surface area contributed by atoms with E-state index in [4.69, 9.17) is 0 Å². The topological polar surface area (TPSA) is 20.2 Å². The monoisotopic (exact) mass is 220 g/mol. The molecule has 0 fully saturated rings. The largest absolute Gasteiger partial charge is 0.508 e. The number of phenolic OH excluding ortho intramolecular Hbond substituents is 1. The summed E-state index contributed by atoms with van der Waals surface area (Å²) in [5.41, 5.74) is 1.68. The average Bonchev–Trinajstić information content (AvgIpc) is 2.17. The van der Waals surface area contributed by atoms with Crippen LogP contribution in [0.1, 0.15) is 52.5 Å². The molecule has 0 saturated heterocycles. The molecule has 2 unspecified atom stereocenters. The molecular formula is C15H24O. The zero-order chi connectivity index (χ0) is 12.3. The van der Waals surface area contributed by atoms with Crippen molar-refractivity contribution in [3.8, 4) is 5.75 Å². The van der Waals surface area contributed by atoms with Crippen LogP contribution in [0, 0.1) is 11.3 Å². The van der Waals surface area contributed by atoms with E-state index in [-0.39, 0.29) is 0 Å². The summed E-state index contributed by atoms with van der Waals surface area (Å²) in [7, 11) is 0. The minimum atomic E-state index is 0.347. The second-order valence-corrected chi connectivity index (χ2v) is 6.00. The Balaban J connectivity index is 2.65. The molecule has 0 aliphatic carbocycles. The van der Waals surface area contributed by atoms with E-state index in [1.54, 1.807) is 12.1 Å². The Kier molecular flexibility index (Phi) is 4.01. The van der Waals surface area contributed by atoms with Gasteiger partial charge in [0, 0.05) is 0 Å². The highest BCUT2D eigenvalue weighted by Crippen LogP contribution is 2.34. The number of hydrogen-bond acceptors (Lipinski definition) is 1. The number of benzene rings is 1. The highest BCUT2D eigenvalue weighted by Gasteiger charge is 2.22. The van der Waals surface area contributed by atoms with Crippen molar-refractivity contribution in [3.63, 3.8) is 0 Å². The van der Waals surface area contributed by atoms with Gasteiger partial charge in [-0.15, -0.1) is 0 Å². The van der Waals surface area contributed by atoms with Crippen molar-refractivity contribution in [1.82, 2.24) is 0 Å². The van der Waals surface area contributed by atoms with Crippen LogP contribution in [0.4, 0.5) is 0 Å². The number of hydrogen-bond donors (Lipinski definition) is 1. The molecule has 0 amide bonds. The highest BCUT2D eigenvalue weighted by molar-refractivity contribution is 5.28. The lowest BCUT2D eigenvalue weighted by molar-refractivity contribution is 0.236. The van der Waals surface area contributed by atoms with Crippen molar-refractivity contribution in [3.05, 3.63) is 29.8 Å². The molecule has 1 rings (SSSR count). The van der Waals surface area contributed by atoms with Gasteiger partial charge in [0.25, 0.3) is 0 Å². The Hall–Kier alpha value is -0.980. The van der Waals surface area contributed by atoms with Crippen LogP contribution < -0.4 is 0 Å². The molecule has 1 aromatic rings. The normalized spacial score (nSPS) is 15.8. The van der Waals surface area contributed by atoms with Gasteiger partial charge >= 0.3 is 0 Å². The summed E-state index contributed by atoms with van der Waals surface area (Å²) in [4.78, 5) is 0. The molecule has 0 radical (unpaired) electrons. The molecule has 0 bridgehead atoms. The first kappa shape index (κ1) is 13.1. The van der Waals surface area contributed by atoms with Gasteiger partial charge in [-0.05, 0) is 41.4 Å². The van der Waals surface area contributed by atoms with E-state index in [2.05, 4.69) is 34.6 Å². The fourth-order valence-electron chi connectivity index (χ4n) is 1.82. The van der Waals surface area contributed by atoms with Crippen molar-refractivity contribution >= 4 is 0 Å². The molecule has 0 spiro atoms. The van der Waals surface area contributed by atoms with Gasteiger partial charge in [0.05, 0.1) is 0 Å². The summed E-state index contributed by atoms with van der Waals surface area (Å²) in [5.74, 6) is 1.59. The fourth-order valence-corrected chi connectivity index (χ4v) is 1.82. The summed E-state index contributed by atoms with van der Waals surface area (Å²) in [6.07, 6.45) is 1.19. The van der Waals surface area contributed by atoms with Gasteiger partial charge in [-0.2, -0.15) is 0 Å². The SMILES string of the molecule is CC(CC(C)C(C)(C)C)c1ccc(O)cc1. The van der Waals surface area contributed by atoms with Crippen molar-refractivity contribution < 1.29 is 5.11 Å². The molecular weight excluding hydrogens is 196 g/mol. The maximum atomic E-state index is 9.25. The van der Waals surface area contributed by atoms with Gasteiger partial charge in [-0.1, -0.05) is 46.8 Å². The third-order valence-corrected chi connectivity index (χ3v) is 3.65. The van der Waals surface area contributed by atoms with Crippen LogP contribution in [0.15, 0.2) is 24.3 Å². The van der Waals surface area contributed by atoms with Gasteiger partial charge in [-0.25, -0.2) is 0 Å². The maximum Gasteiger partial charge on any atom is 0.115 e. The quantitative estimate of drug-likeness (QED) is 0.791. The molecule has 16 heavy (non-hydrogen) atoms. The fraction of sp³-hybridized carbons (Fsp3) is 0.600. The predicted molar refractivity (Wildman–Crippen MR) is 69.8 cm³/mol. The Bertz CT molecular complexity index is 318. The standard InChI is InChI=1S/C15H24O/c1-11(10-12(2)15(3,4)5)13-6-8-14(16)9-7-13/h6-9,11-12,16H,10H2,1-5H3. The lowest BCUT2D eigenvalue weighted by Gasteiger charge is -2.29. The zero-order valence-corrected chi connectivity index (χ0v) is 11.1. The van der Waals surface area contributed by atoms with Gasteiger partial charge in [0.2, 0.25) is 0 Å². The molecule has 0 saturated carbocycles. The van der Waals surface area contributed by atoms with E-state index in [1.165, 1.54) is 12.0 Å². The zero-order valence-electron chi connectivity index (χ0n) is 11.1. The molecule has 1 nitrogen and oxygen atoms in total. The van der Waals surface area contributed by atoms with Crippen LogP contribution in [-0.2, 0) is 0 Å². The molecule has 2 atom stereocenters. The van der Waals surface area contributed by atoms with Gasteiger partial charge in [0.15, 0.2) is 0 Å². The van der Waals surface area contributed by atoms with Crippen LogP contribution in [0.2, 0.25) is 0 Å². The van der Waals surface area contributed by atoms with E-state index in [0.717, 1.165) is 0 Å². The smallest absolute Gasteiger partial charge is 0.115 e. The summed E-state index contributed by atoms with van der Waals surface area (Å²) in [6, 6.07) is 7.59. The summed E-state index contributed by atoms with van der Waals surface area (Å²) in [6.45, 7) is 11.5. The molecule has 0 aliphatic heterocycles. The Morgan fingerprint density at radius 1 is 1.06 bits per heavy atom. The van der Waals surface area contributed by atoms with Crippen molar-refractivity contribution in [1.29, 1.82) is 0 Å². The van der Waals surface area contributed by atoms with E-state index in [9.17, 15) is 5.11 Å². The second kappa shape index (κ2) is 4.90. The Labute approximate surface area is 99.5 Å². The lowest BCUT2D eigenvalue weighted by atomic mass is 9.76. The van der Waals surface area contributed by atoms with E-state index in [1.807, 2.05) is 12.1 Å². The highest BCUT2D eigenvalue weighted by atomic mass is 16.3. The van der Waals surface area contributed by atoms with Gasteiger partial charge in [-0.3, -0.25) is 0 Å². The van der Waals surface area contributed by atoms with Gasteiger partial charge < -0.3 is 5.11 Å². The number of rotatable bonds is 3. The first-order valence-electron chi connectivity index (χ1n) is 6.09. The Morgan fingerprint density at radius 2 is 1.56 bits per heavy atom. The summed E-state index contributed by atoms with van der Waals surface area (Å²) in [5, 5.41) is 9.25. The van der Waals surface area contributed by atoms with Crippen LogP contribution in [0.5, 0.6) is 5.75 Å². The van der Waals surface area contributed by atoms with Crippen molar-refractivity contribution in [2.75, 3.05) is 0 Å². The molecule has 0 aliphatic rings. The third-order valence-electron chi connectivity index (χ3n) is 3.65. The van der Waals surface area contributed by atoms with E-state index < -0.39 is 0 Å². The predicted octanol–water partition coefficient (Wildman–Crippen LogP) is 4.57. The minimum absolute atomic E-state index is 0.347. The maximum absolute atomic E-state index is 9.25. The molecule has 1 heteroatoms. The van der Waals surface area contributed by atoms with Crippen LogP contribution >= 0.6 is 0 Å². The molecule has 1 N–H and O–H groups in total. The molecule has 1 aromatic carbocycles. The lowest BCUT2D eigenvalue weighted by Crippen LogP contribution is -2.19.